The molecule has 3 N–H and O–H groups in total. The van der Waals surface area contributed by atoms with E-state index in [4.69, 9.17) is 5.73 Å². The Labute approximate surface area is 109 Å². The third-order valence-corrected chi connectivity index (χ3v) is 3.78. The van der Waals surface area contributed by atoms with E-state index >= 15 is 0 Å². The summed E-state index contributed by atoms with van der Waals surface area (Å²) in [6.07, 6.45) is 3.70. The van der Waals surface area contributed by atoms with E-state index in [-0.39, 0.29) is 0 Å². The van der Waals surface area contributed by atoms with Gasteiger partial charge in [0, 0.05) is 6.04 Å². The van der Waals surface area contributed by atoms with Crippen LogP contribution in [0, 0.1) is 17.3 Å². The summed E-state index contributed by atoms with van der Waals surface area (Å²) in [7, 11) is 0. The first-order chi connectivity index (χ1) is 7.73. The quantitative estimate of drug-likeness (QED) is 0.684. The Hall–Kier alpha value is -0.0800. The van der Waals surface area contributed by atoms with Gasteiger partial charge in [-0.1, -0.05) is 41.0 Å². The van der Waals surface area contributed by atoms with Gasteiger partial charge in [-0.05, 0) is 50.1 Å². The van der Waals surface area contributed by atoms with Gasteiger partial charge in [0.1, 0.15) is 0 Å². The molecular formula is C15H34N2. The van der Waals surface area contributed by atoms with Crippen molar-refractivity contribution in [2.24, 2.45) is 23.0 Å². The van der Waals surface area contributed by atoms with Gasteiger partial charge < -0.3 is 11.1 Å². The minimum atomic E-state index is 0.357. The van der Waals surface area contributed by atoms with E-state index in [1.807, 2.05) is 0 Å². The molecule has 0 radical (unpaired) electrons. The smallest absolute Gasteiger partial charge is 0.00104 e. The van der Waals surface area contributed by atoms with Crippen molar-refractivity contribution in [2.75, 3.05) is 13.1 Å². The van der Waals surface area contributed by atoms with Crippen molar-refractivity contribution in [2.45, 2.75) is 66.8 Å². The highest BCUT2D eigenvalue weighted by Crippen LogP contribution is 2.24. The lowest BCUT2D eigenvalue weighted by atomic mass is 9.82. The van der Waals surface area contributed by atoms with Crippen LogP contribution in [0.15, 0.2) is 0 Å². The highest BCUT2D eigenvalue weighted by molar-refractivity contribution is 4.72. The second-order valence-corrected chi connectivity index (χ2v) is 6.94. The Bertz CT molecular complexity index is 182. The molecule has 0 bridgehead atoms. The van der Waals surface area contributed by atoms with E-state index in [2.05, 4.69) is 46.9 Å². The molecule has 0 aliphatic heterocycles. The summed E-state index contributed by atoms with van der Waals surface area (Å²) in [5.74, 6) is 1.49. The van der Waals surface area contributed by atoms with Crippen LogP contribution in [0.1, 0.15) is 60.8 Å². The Kier molecular flexibility index (Phi) is 8.06. The van der Waals surface area contributed by atoms with Crippen LogP contribution in [0.5, 0.6) is 0 Å². The topological polar surface area (TPSA) is 38.0 Å². The zero-order valence-corrected chi connectivity index (χ0v) is 12.8. The Balaban J connectivity index is 3.54. The summed E-state index contributed by atoms with van der Waals surface area (Å²) in [4.78, 5) is 0. The van der Waals surface area contributed by atoms with Crippen LogP contribution in [0.4, 0.5) is 0 Å². The monoisotopic (exact) mass is 242 g/mol. The average molecular weight is 242 g/mol. The van der Waals surface area contributed by atoms with Crippen LogP contribution in [0.25, 0.3) is 0 Å². The molecular weight excluding hydrogens is 208 g/mol. The van der Waals surface area contributed by atoms with Gasteiger partial charge in [-0.15, -0.1) is 0 Å². The first kappa shape index (κ1) is 16.9. The molecule has 0 spiro atoms. The predicted octanol–water partition coefficient (Wildman–Crippen LogP) is 3.41. The molecule has 17 heavy (non-hydrogen) atoms. The van der Waals surface area contributed by atoms with Crippen molar-refractivity contribution in [1.29, 1.82) is 0 Å². The Morgan fingerprint density at radius 1 is 1.00 bits per heavy atom. The van der Waals surface area contributed by atoms with Crippen molar-refractivity contribution in [1.82, 2.24) is 5.32 Å². The van der Waals surface area contributed by atoms with Gasteiger partial charge in [0.25, 0.3) is 0 Å². The maximum Gasteiger partial charge on any atom is 0.00104 e. The molecule has 0 aromatic rings. The van der Waals surface area contributed by atoms with Crippen LogP contribution >= 0.6 is 0 Å². The summed E-state index contributed by atoms with van der Waals surface area (Å²) in [5.41, 5.74) is 6.16. The largest absolute Gasteiger partial charge is 0.328 e. The molecule has 0 aliphatic carbocycles. The molecule has 3 atom stereocenters. The lowest BCUT2D eigenvalue weighted by molar-refractivity contribution is 0.249. The summed E-state index contributed by atoms with van der Waals surface area (Å²) in [6, 6.07) is 0.357. The van der Waals surface area contributed by atoms with Crippen LogP contribution < -0.4 is 11.1 Å². The fourth-order valence-corrected chi connectivity index (χ4v) is 1.74. The standard InChI is InChI=1S/C15H34N2/c1-12(8-7-9-14(3)16)10-17-11-13(2)15(4,5)6/h12-14,17H,7-11,16H2,1-6H3. The molecule has 0 aromatic heterocycles. The highest BCUT2D eigenvalue weighted by Gasteiger charge is 2.19. The fourth-order valence-electron chi connectivity index (χ4n) is 1.74. The van der Waals surface area contributed by atoms with Crippen molar-refractivity contribution >= 4 is 0 Å². The van der Waals surface area contributed by atoms with Gasteiger partial charge in [0.05, 0.1) is 0 Å². The lowest BCUT2D eigenvalue weighted by Crippen LogP contribution is -2.32. The second-order valence-electron chi connectivity index (χ2n) is 6.94. The Morgan fingerprint density at radius 3 is 2.06 bits per heavy atom. The first-order valence-corrected chi connectivity index (χ1v) is 7.19. The van der Waals surface area contributed by atoms with Crippen molar-refractivity contribution in [3.63, 3.8) is 0 Å². The number of nitrogens with one attached hydrogen (secondary N) is 1. The van der Waals surface area contributed by atoms with Gasteiger partial charge in [-0.2, -0.15) is 0 Å². The molecule has 0 rings (SSSR count). The van der Waals surface area contributed by atoms with E-state index in [9.17, 15) is 0 Å². The van der Waals surface area contributed by atoms with Crippen LogP contribution in [-0.2, 0) is 0 Å². The van der Waals surface area contributed by atoms with Crippen molar-refractivity contribution in [3.05, 3.63) is 0 Å². The number of rotatable bonds is 8. The minimum Gasteiger partial charge on any atom is -0.328 e. The molecule has 0 aliphatic rings. The van der Waals surface area contributed by atoms with Gasteiger partial charge in [-0.25, -0.2) is 0 Å². The highest BCUT2D eigenvalue weighted by atomic mass is 14.9. The molecule has 2 heteroatoms. The van der Waals surface area contributed by atoms with E-state index < -0.39 is 0 Å². The van der Waals surface area contributed by atoms with Crippen LogP contribution in [0.2, 0.25) is 0 Å². The van der Waals surface area contributed by atoms with E-state index in [1.54, 1.807) is 0 Å². The van der Waals surface area contributed by atoms with Gasteiger partial charge in [0.15, 0.2) is 0 Å². The van der Waals surface area contributed by atoms with E-state index in [0.717, 1.165) is 31.3 Å². The zero-order chi connectivity index (χ0) is 13.5. The minimum absolute atomic E-state index is 0.357. The maximum absolute atomic E-state index is 5.75. The predicted molar refractivity (Wildman–Crippen MR) is 78.2 cm³/mol. The summed E-state index contributed by atoms with van der Waals surface area (Å²) < 4.78 is 0. The number of hydrogen-bond donors (Lipinski definition) is 2. The Morgan fingerprint density at radius 2 is 1.59 bits per heavy atom. The van der Waals surface area contributed by atoms with Gasteiger partial charge in [-0.3, -0.25) is 0 Å². The SMILES string of the molecule is CC(N)CCCC(C)CNCC(C)C(C)(C)C. The fraction of sp³-hybridized carbons (Fsp3) is 1.00. The molecule has 104 valence electrons. The summed E-state index contributed by atoms with van der Waals surface area (Å²) >= 11 is 0. The normalized spacial score (nSPS) is 17.8. The first-order valence-electron chi connectivity index (χ1n) is 7.19. The van der Waals surface area contributed by atoms with Gasteiger partial charge in [0.2, 0.25) is 0 Å². The van der Waals surface area contributed by atoms with Crippen LogP contribution in [-0.4, -0.2) is 19.1 Å². The van der Waals surface area contributed by atoms with Crippen LogP contribution in [0.3, 0.4) is 0 Å². The molecule has 0 saturated heterocycles. The van der Waals surface area contributed by atoms with Gasteiger partial charge >= 0.3 is 0 Å². The maximum atomic E-state index is 5.75. The zero-order valence-electron chi connectivity index (χ0n) is 12.8. The lowest BCUT2D eigenvalue weighted by Gasteiger charge is -2.28. The molecule has 0 saturated carbocycles. The third-order valence-electron chi connectivity index (χ3n) is 3.78. The molecule has 0 aromatic carbocycles. The molecule has 0 heterocycles. The molecule has 2 nitrogen and oxygen atoms in total. The van der Waals surface area contributed by atoms with Crippen molar-refractivity contribution in [3.8, 4) is 0 Å². The molecule has 0 amide bonds. The molecule has 3 unspecified atom stereocenters. The van der Waals surface area contributed by atoms with Crippen molar-refractivity contribution < 1.29 is 0 Å². The second kappa shape index (κ2) is 8.10. The van der Waals surface area contributed by atoms with E-state index in [0.29, 0.717) is 11.5 Å². The summed E-state index contributed by atoms with van der Waals surface area (Å²) in [6.45, 7) is 15.9. The molecule has 0 fully saturated rings. The number of hydrogen-bond acceptors (Lipinski definition) is 2. The number of nitrogens with two attached hydrogens (primary N) is 1. The summed E-state index contributed by atoms with van der Waals surface area (Å²) in [5, 5.41) is 3.60. The average Bonchev–Trinajstić information content (AvgIpc) is 2.15. The third kappa shape index (κ3) is 9.61. The van der Waals surface area contributed by atoms with E-state index in [1.165, 1.54) is 12.8 Å².